The van der Waals surface area contributed by atoms with Crippen LogP contribution in [0.4, 0.5) is 0 Å². The van der Waals surface area contributed by atoms with Crippen molar-refractivity contribution in [3.05, 3.63) is 59.8 Å². The zero-order valence-corrected chi connectivity index (χ0v) is 11.4. The molecular formula is C17H15NO2. The monoisotopic (exact) mass is 265 g/mol. The Hall–Kier alpha value is -2.55. The van der Waals surface area contributed by atoms with Crippen LogP contribution >= 0.6 is 0 Å². The van der Waals surface area contributed by atoms with E-state index in [1.54, 1.807) is 18.2 Å². The Balaban J connectivity index is 2.14. The van der Waals surface area contributed by atoms with Gasteiger partial charge >= 0.3 is 5.97 Å². The molecule has 0 aliphatic carbocycles. The van der Waals surface area contributed by atoms with E-state index >= 15 is 0 Å². The van der Waals surface area contributed by atoms with Gasteiger partial charge in [-0.25, -0.2) is 4.79 Å². The molecule has 20 heavy (non-hydrogen) atoms. The quantitative estimate of drug-likeness (QED) is 0.764. The molecule has 0 atom stereocenters. The molecule has 0 fully saturated rings. The lowest BCUT2D eigenvalue weighted by molar-refractivity contribution is 0.0697. The summed E-state index contributed by atoms with van der Waals surface area (Å²) in [6, 6.07) is 15.4. The number of carboxylic acids is 1. The molecule has 0 aliphatic rings. The van der Waals surface area contributed by atoms with Gasteiger partial charge < -0.3 is 9.67 Å². The third-order valence-electron chi connectivity index (χ3n) is 3.73. The van der Waals surface area contributed by atoms with Crippen LogP contribution in [0.1, 0.15) is 16.1 Å². The summed E-state index contributed by atoms with van der Waals surface area (Å²) in [6.45, 7) is 2.07. The van der Waals surface area contributed by atoms with E-state index in [4.69, 9.17) is 5.11 Å². The molecule has 0 saturated heterocycles. The van der Waals surface area contributed by atoms with Crippen molar-refractivity contribution >= 4 is 16.9 Å². The predicted octanol–water partition coefficient (Wildman–Crippen LogP) is 3.85. The minimum atomic E-state index is -0.900. The van der Waals surface area contributed by atoms with Crippen molar-refractivity contribution in [3.8, 4) is 11.1 Å². The van der Waals surface area contributed by atoms with Crippen LogP contribution in [-0.4, -0.2) is 15.6 Å². The van der Waals surface area contributed by atoms with E-state index < -0.39 is 5.97 Å². The Bertz CT molecular complexity index is 815. The first kappa shape index (κ1) is 12.5. The first-order chi connectivity index (χ1) is 9.56. The Morgan fingerprint density at radius 3 is 2.55 bits per heavy atom. The van der Waals surface area contributed by atoms with Crippen molar-refractivity contribution in [2.45, 2.75) is 6.92 Å². The van der Waals surface area contributed by atoms with E-state index in [1.807, 2.05) is 19.2 Å². The van der Waals surface area contributed by atoms with Crippen LogP contribution in [0, 0.1) is 6.92 Å². The molecule has 3 rings (SSSR count). The van der Waals surface area contributed by atoms with Gasteiger partial charge in [0.2, 0.25) is 0 Å². The standard InChI is InChI=1S/C17H15NO2/c1-11-8-15-10-13(6-7-16(15)18(11)2)12-4-3-5-14(9-12)17(19)20/h3-10H,1-2H3,(H,19,20). The normalized spacial score (nSPS) is 10.9. The van der Waals surface area contributed by atoms with Crippen LogP contribution in [0.2, 0.25) is 0 Å². The second-order valence-corrected chi connectivity index (χ2v) is 5.00. The lowest BCUT2D eigenvalue weighted by Crippen LogP contribution is -1.95. The summed E-state index contributed by atoms with van der Waals surface area (Å²) in [5.41, 5.74) is 4.66. The summed E-state index contributed by atoms with van der Waals surface area (Å²) in [7, 11) is 2.04. The van der Waals surface area contributed by atoms with Crippen molar-refractivity contribution in [2.75, 3.05) is 0 Å². The second kappa shape index (κ2) is 4.53. The molecule has 1 N–H and O–H groups in total. The summed E-state index contributed by atoms with van der Waals surface area (Å²) < 4.78 is 2.15. The largest absolute Gasteiger partial charge is 0.478 e. The first-order valence-corrected chi connectivity index (χ1v) is 6.46. The van der Waals surface area contributed by atoms with Crippen LogP contribution in [0.25, 0.3) is 22.0 Å². The summed E-state index contributed by atoms with van der Waals surface area (Å²) in [6.07, 6.45) is 0. The topological polar surface area (TPSA) is 42.2 Å². The fraction of sp³-hybridized carbons (Fsp3) is 0.118. The van der Waals surface area contributed by atoms with E-state index in [2.05, 4.69) is 29.7 Å². The fourth-order valence-electron chi connectivity index (χ4n) is 2.50. The number of rotatable bonds is 2. The van der Waals surface area contributed by atoms with Gasteiger partial charge in [0.15, 0.2) is 0 Å². The number of aryl methyl sites for hydroxylation is 2. The Labute approximate surface area is 117 Å². The highest BCUT2D eigenvalue weighted by atomic mass is 16.4. The number of carbonyl (C=O) groups is 1. The maximum Gasteiger partial charge on any atom is 0.335 e. The number of nitrogens with zero attached hydrogens (tertiary/aromatic N) is 1. The average molecular weight is 265 g/mol. The molecule has 0 aliphatic heterocycles. The molecule has 3 nitrogen and oxygen atoms in total. The van der Waals surface area contributed by atoms with E-state index in [0.717, 1.165) is 11.1 Å². The number of aromatic carboxylic acids is 1. The van der Waals surface area contributed by atoms with Gasteiger partial charge in [0, 0.05) is 23.6 Å². The van der Waals surface area contributed by atoms with Crippen molar-refractivity contribution in [2.24, 2.45) is 7.05 Å². The summed E-state index contributed by atoms with van der Waals surface area (Å²) in [4.78, 5) is 11.0. The molecule has 0 unspecified atom stereocenters. The lowest BCUT2D eigenvalue weighted by Gasteiger charge is -2.04. The Kier molecular flexibility index (Phi) is 2.83. The number of hydrogen-bond acceptors (Lipinski definition) is 1. The molecule has 0 spiro atoms. The lowest BCUT2D eigenvalue weighted by atomic mass is 10.0. The molecular weight excluding hydrogens is 250 g/mol. The van der Waals surface area contributed by atoms with Gasteiger partial charge in [0.1, 0.15) is 0 Å². The van der Waals surface area contributed by atoms with Crippen LogP contribution in [0.15, 0.2) is 48.5 Å². The first-order valence-electron chi connectivity index (χ1n) is 6.46. The van der Waals surface area contributed by atoms with Crippen LogP contribution in [0.3, 0.4) is 0 Å². The number of fused-ring (bicyclic) bond motifs is 1. The SMILES string of the molecule is Cc1cc2cc(-c3cccc(C(=O)O)c3)ccc2n1C. The number of carboxylic acid groups (broad SMARTS) is 1. The van der Waals surface area contributed by atoms with Crippen LogP contribution in [-0.2, 0) is 7.05 Å². The summed E-state index contributed by atoms with van der Waals surface area (Å²) in [5.74, 6) is -0.900. The Morgan fingerprint density at radius 1 is 1.05 bits per heavy atom. The molecule has 0 amide bonds. The van der Waals surface area contributed by atoms with Crippen molar-refractivity contribution in [1.29, 1.82) is 0 Å². The second-order valence-electron chi connectivity index (χ2n) is 5.00. The highest BCUT2D eigenvalue weighted by molar-refractivity contribution is 5.91. The van der Waals surface area contributed by atoms with Gasteiger partial charge in [-0.2, -0.15) is 0 Å². The molecule has 100 valence electrons. The van der Waals surface area contributed by atoms with E-state index in [-0.39, 0.29) is 0 Å². The molecule has 0 bridgehead atoms. The fourth-order valence-corrected chi connectivity index (χ4v) is 2.50. The van der Waals surface area contributed by atoms with Crippen molar-refractivity contribution in [1.82, 2.24) is 4.57 Å². The zero-order valence-electron chi connectivity index (χ0n) is 11.4. The highest BCUT2D eigenvalue weighted by Gasteiger charge is 2.07. The number of benzene rings is 2. The highest BCUT2D eigenvalue weighted by Crippen LogP contribution is 2.26. The van der Waals surface area contributed by atoms with E-state index in [9.17, 15) is 4.79 Å². The maximum absolute atomic E-state index is 11.0. The summed E-state index contributed by atoms with van der Waals surface area (Å²) in [5, 5.41) is 10.2. The third kappa shape index (κ3) is 1.97. The molecule has 1 heterocycles. The molecule has 1 aromatic heterocycles. The number of aromatic nitrogens is 1. The van der Waals surface area contributed by atoms with Crippen LogP contribution in [0.5, 0.6) is 0 Å². The molecule has 3 aromatic rings. The van der Waals surface area contributed by atoms with Gasteiger partial charge in [0.25, 0.3) is 0 Å². The number of hydrogen-bond donors (Lipinski definition) is 1. The predicted molar refractivity (Wildman–Crippen MR) is 80.1 cm³/mol. The van der Waals surface area contributed by atoms with Crippen molar-refractivity contribution in [3.63, 3.8) is 0 Å². The maximum atomic E-state index is 11.0. The molecule has 0 saturated carbocycles. The zero-order chi connectivity index (χ0) is 14.3. The van der Waals surface area contributed by atoms with E-state index in [1.165, 1.54) is 16.6 Å². The molecule has 3 heteroatoms. The van der Waals surface area contributed by atoms with Gasteiger partial charge in [0.05, 0.1) is 5.56 Å². The van der Waals surface area contributed by atoms with Gasteiger partial charge in [-0.1, -0.05) is 18.2 Å². The minimum Gasteiger partial charge on any atom is -0.478 e. The smallest absolute Gasteiger partial charge is 0.335 e. The molecule has 2 aromatic carbocycles. The van der Waals surface area contributed by atoms with Crippen LogP contribution < -0.4 is 0 Å². The summed E-state index contributed by atoms with van der Waals surface area (Å²) >= 11 is 0. The third-order valence-corrected chi connectivity index (χ3v) is 3.73. The minimum absolute atomic E-state index is 0.312. The van der Waals surface area contributed by atoms with Crippen molar-refractivity contribution < 1.29 is 9.90 Å². The average Bonchev–Trinajstić information content (AvgIpc) is 2.74. The van der Waals surface area contributed by atoms with Gasteiger partial charge in [-0.05, 0) is 48.4 Å². The van der Waals surface area contributed by atoms with E-state index in [0.29, 0.717) is 5.56 Å². The molecule has 0 radical (unpaired) electrons. The van der Waals surface area contributed by atoms with Gasteiger partial charge in [-0.15, -0.1) is 0 Å². The Morgan fingerprint density at radius 2 is 1.80 bits per heavy atom. The van der Waals surface area contributed by atoms with Gasteiger partial charge in [-0.3, -0.25) is 0 Å².